The van der Waals surface area contributed by atoms with Crippen molar-refractivity contribution >= 4 is 21.4 Å². The van der Waals surface area contributed by atoms with Gasteiger partial charge in [-0.2, -0.15) is 0 Å². The van der Waals surface area contributed by atoms with Gasteiger partial charge in [-0.3, -0.25) is 4.98 Å². The molecule has 0 bridgehead atoms. The van der Waals surface area contributed by atoms with Crippen LogP contribution < -0.4 is 10.0 Å². The van der Waals surface area contributed by atoms with E-state index in [2.05, 4.69) is 15.0 Å². The summed E-state index contributed by atoms with van der Waals surface area (Å²) in [6.07, 6.45) is 1.66. The van der Waals surface area contributed by atoms with Crippen LogP contribution in [0.1, 0.15) is 11.8 Å². The molecule has 7 heteroatoms. The molecule has 0 aliphatic rings. The minimum atomic E-state index is -3.16. The zero-order chi connectivity index (χ0) is 11.1. The average Bonchev–Trinajstić information content (AvgIpc) is 2.68. The molecule has 1 aromatic rings. The quantitative estimate of drug-likeness (QED) is 0.676. The smallest absolute Gasteiger partial charge is 0.213 e. The summed E-state index contributed by atoms with van der Waals surface area (Å²) in [4.78, 5) is 4.79. The third-order valence-corrected chi connectivity index (χ3v) is 3.85. The number of thiazole rings is 1. The highest BCUT2D eigenvalue weighted by Gasteiger charge is 2.09. The number of aromatic nitrogens is 1. The van der Waals surface area contributed by atoms with Crippen LogP contribution in [0.2, 0.25) is 0 Å². The van der Waals surface area contributed by atoms with Crippen LogP contribution >= 0.6 is 11.3 Å². The molecule has 1 aromatic heterocycles. The molecule has 0 unspecified atom stereocenters. The van der Waals surface area contributed by atoms with Gasteiger partial charge >= 0.3 is 0 Å². The second-order valence-corrected chi connectivity index (χ2v) is 5.86. The van der Waals surface area contributed by atoms with Gasteiger partial charge in [-0.15, -0.1) is 11.3 Å². The molecule has 0 radical (unpaired) electrons. The van der Waals surface area contributed by atoms with Crippen LogP contribution in [0.15, 0.2) is 11.7 Å². The molecule has 0 aliphatic carbocycles. The first-order valence-corrected chi connectivity index (χ1v) is 7.22. The summed E-state index contributed by atoms with van der Waals surface area (Å²) in [5.41, 5.74) is 1.68. The summed E-state index contributed by atoms with van der Waals surface area (Å²) in [6.45, 7) is 3.54. The summed E-state index contributed by atoms with van der Waals surface area (Å²) in [5, 5.41) is 2.97. The highest BCUT2D eigenvalue weighted by Crippen LogP contribution is 2.04. The minimum Gasteiger partial charge on any atom is -0.316 e. The van der Waals surface area contributed by atoms with E-state index >= 15 is 0 Å². The lowest BCUT2D eigenvalue weighted by molar-refractivity contribution is 0.578. The zero-order valence-electron chi connectivity index (χ0n) is 8.56. The second kappa shape index (κ2) is 6.16. The Hall–Kier alpha value is -0.500. The van der Waals surface area contributed by atoms with E-state index < -0.39 is 10.0 Å². The van der Waals surface area contributed by atoms with Crippen LogP contribution in [-0.2, 0) is 16.6 Å². The third kappa shape index (κ3) is 5.22. The van der Waals surface area contributed by atoms with E-state index in [1.165, 1.54) is 11.3 Å². The first kappa shape index (κ1) is 12.6. The lowest BCUT2D eigenvalue weighted by atomic mass is 10.6. The second-order valence-electron chi connectivity index (χ2n) is 2.96. The van der Waals surface area contributed by atoms with Crippen molar-refractivity contribution in [1.82, 2.24) is 15.0 Å². The summed E-state index contributed by atoms with van der Waals surface area (Å²) in [5.74, 6) is 0.111. The number of rotatable bonds is 7. The lowest BCUT2D eigenvalue weighted by Crippen LogP contribution is -2.31. The Morgan fingerprint density at radius 1 is 1.53 bits per heavy atom. The SMILES string of the molecule is CCNCCS(=O)(=O)NCc1cncs1. The predicted molar refractivity (Wildman–Crippen MR) is 61.3 cm³/mol. The lowest BCUT2D eigenvalue weighted by Gasteiger charge is -2.05. The van der Waals surface area contributed by atoms with Crippen molar-refractivity contribution in [2.45, 2.75) is 13.5 Å². The van der Waals surface area contributed by atoms with E-state index in [-0.39, 0.29) is 5.75 Å². The van der Waals surface area contributed by atoms with Gasteiger partial charge in [-0.1, -0.05) is 6.92 Å². The monoisotopic (exact) mass is 249 g/mol. The van der Waals surface area contributed by atoms with Crippen molar-refractivity contribution in [2.75, 3.05) is 18.8 Å². The normalized spacial score (nSPS) is 11.8. The maximum absolute atomic E-state index is 11.4. The van der Waals surface area contributed by atoms with Gasteiger partial charge in [0, 0.05) is 24.2 Å². The Kier molecular flexibility index (Phi) is 5.16. The van der Waals surface area contributed by atoms with Crippen LogP contribution in [0, 0.1) is 0 Å². The number of nitrogens with one attached hydrogen (secondary N) is 2. The van der Waals surface area contributed by atoms with Crippen LogP contribution in [0.4, 0.5) is 0 Å². The molecule has 0 saturated heterocycles. The number of nitrogens with zero attached hydrogens (tertiary/aromatic N) is 1. The van der Waals surface area contributed by atoms with E-state index in [9.17, 15) is 8.42 Å². The zero-order valence-corrected chi connectivity index (χ0v) is 10.2. The van der Waals surface area contributed by atoms with Crippen molar-refractivity contribution in [1.29, 1.82) is 0 Å². The molecule has 5 nitrogen and oxygen atoms in total. The Morgan fingerprint density at radius 3 is 2.93 bits per heavy atom. The molecule has 0 aliphatic heterocycles. The van der Waals surface area contributed by atoms with Gasteiger partial charge in [-0.25, -0.2) is 13.1 Å². The topological polar surface area (TPSA) is 71.1 Å². The molecule has 86 valence electrons. The number of sulfonamides is 1. The summed E-state index contributed by atoms with van der Waals surface area (Å²) >= 11 is 1.44. The molecular formula is C8H15N3O2S2. The van der Waals surface area contributed by atoms with Crippen LogP contribution in [0.3, 0.4) is 0 Å². The summed E-state index contributed by atoms with van der Waals surface area (Å²) in [6, 6.07) is 0. The van der Waals surface area contributed by atoms with E-state index in [0.29, 0.717) is 13.1 Å². The van der Waals surface area contributed by atoms with Gasteiger partial charge in [0.05, 0.1) is 11.3 Å². The van der Waals surface area contributed by atoms with Gasteiger partial charge in [0.25, 0.3) is 0 Å². The average molecular weight is 249 g/mol. The Labute approximate surface area is 94.0 Å². The molecule has 0 atom stereocenters. The molecule has 15 heavy (non-hydrogen) atoms. The third-order valence-electron chi connectivity index (χ3n) is 1.75. The van der Waals surface area contributed by atoms with Gasteiger partial charge < -0.3 is 5.32 Å². The van der Waals surface area contributed by atoms with Gasteiger partial charge in [0.2, 0.25) is 10.0 Å². The van der Waals surface area contributed by atoms with Gasteiger partial charge in [0.1, 0.15) is 0 Å². The maximum atomic E-state index is 11.4. The predicted octanol–water partition coefficient (Wildman–Crippen LogP) is 0.172. The van der Waals surface area contributed by atoms with Crippen molar-refractivity contribution in [3.63, 3.8) is 0 Å². The highest BCUT2D eigenvalue weighted by molar-refractivity contribution is 7.89. The number of hydrogen-bond acceptors (Lipinski definition) is 5. The highest BCUT2D eigenvalue weighted by atomic mass is 32.2. The van der Waals surface area contributed by atoms with Crippen molar-refractivity contribution in [3.8, 4) is 0 Å². The van der Waals surface area contributed by atoms with Crippen molar-refractivity contribution < 1.29 is 8.42 Å². The number of hydrogen-bond donors (Lipinski definition) is 2. The van der Waals surface area contributed by atoms with E-state index in [4.69, 9.17) is 0 Å². The summed E-state index contributed by atoms with van der Waals surface area (Å²) in [7, 11) is -3.16. The molecular weight excluding hydrogens is 234 g/mol. The fourth-order valence-corrected chi connectivity index (χ4v) is 2.52. The molecule has 1 rings (SSSR count). The molecule has 0 saturated carbocycles. The molecule has 1 heterocycles. The first-order valence-electron chi connectivity index (χ1n) is 4.69. The van der Waals surface area contributed by atoms with E-state index in [0.717, 1.165) is 11.4 Å². The largest absolute Gasteiger partial charge is 0.316 e. The summed E-state index contributed by atoms with van der Waals surface area (Å²) < 4.78 is 25.4. The van der Waals surface area contributed by atoms with Crippen LogP contribution in [0.25, 0.3) is 0 Å². The van der Waals surface area contributed by atoms with Crippen molar-refractivity contribution in [3.05, 3.63) is 16.6 Å². The molecule has 2 N–H and O–H groups in total. The Bertz CT molecular complexity index is 361. The fraction of sp³-hybridized carbons (Fsp3) is 0.625. The molecule has 0 spiro atoms. The standard InChI is InChI=1S/C8H15N3O2S2/c1-2-9-3-4-15(12,13)11-6-8-5-10-7-14-8/h5,7,9,11H,2-4,6H2,1H3. The van der Waals surface area contributed by atoms with Crippen molar-refractivity contribution in [2.24, 2.45) is 0 Å². The first-order chi connectivity index (χ1) is 7.14. The van der Waals surface area contributed by atoms with Crippen LogP contribution in [0.5, 0.6) is 0 Å². The minimum absolute atomic E-state index is 0.111. The van der Waals surface area contributed by atoms with E-state index in [1.54, 1.807) is 11.7 Å². The van der Waals surface area contributed by atoms with E-state index in [1.807, 2.05) is 6.92 Å². The molecule has 0 fully saturated rings. The fourth-order valence-electron chi connectivity index (χ4n) is 0.966. The Balaban J connectivity index is 2.30. The Morgan fingerprint density at radius 2 is 2.33 bits per heavy atom. The maximum Gasteiger partial charge on any atom is 0.213 e. The van der Waals surface area contributed by atoms with Crippen LogP contribution in [-0.4, -0.2) is 32.2 Å². The molecule has 0 amide bonds. The van der Waals surface area contributed by atoms with Gasteiger partial charge in [0.15, 0.2) is 0 Å². The molecule has 0 aromatic carbocycles. The van der Waals surface area contributed by atoms with Gasteiger partial charge in [-0.05, 0) is 6.54 Å².